The van der Waals surface area contributed by atoms with Gasteiger partial charge in [0.05, 0.1) is 10.7 Å². The molecule has 0 radical (unpaired) electrons. The van der Waals surface area contributed by atoms with Crippen LogP contribution in [-0.4, -0.2) is 32.9 Å². The second kappa shape index (κ2) is 7.41. The van der Waals surface area contributed by atoms with Crippen LogP contribution >= 0.6 is 23.4 Å². The molecule has 0 saturated heterocycles. The smallest absolute Gasteiger partial charge is 0.274 e. The Kier molecular flexibility index (Phi) is 5.76. The standard InChI is InChI=1S/C17H22ClN3OS/c1-11(2)21(10-13-7-6-8-14(9-13)23-5)17(22)16-15(18)12(3)19-20(16)4/h6-9,11H,10H2,1-5H3. The molecule has 0 unspecified atom stereocenters. The molecule has 1 heterocycles. The van der Waals surface area contributed by atoms with E-state index in [2.05, 4.69) is 17.2 Å². The highest BCUT2D eigenvalue weighted by Crippen LogP contribution is 2.24. The number of hydrogen-bond donors (Lipinski definition) is 0. The van der Waals surface area contributed by atoms with Crippen LogP contribution in [0.3, 0.4) is 0 Å². The van der Waals surface area contributed by atoms with E-state index in [4.69, 9.17) is 11.6 Å². The van der Waals surface area contributed by atoms with E-state index in [0.29, 0.717) is 23.0 Å². The molecule has 1 amide bonds. The van der Waals surface area contributed by atoms with E-state index in [1.165, 1.54) is 4.90 Å². The average Bonchev–Trinajstić information content (AvgIpc) is 2.77. The molecule has 23 heavy (non-hydrogen) atoms. The lowest BCUT2D eigenvalue weighted by atomic mass is 10.1. The van der Waals surface area contributed by atoms with E-state index in [0.717, 1.165) is 5.56 Å². The fraction of sp³-hybridized carbons (Fsp3) is 0.412. The summed E-state index contributed by atoms with van der Waals surface area (Å²) in [6.45, 7) is 6.37. The summed E-state index contributed by atoms with van der Waals surface area (Å²) in [5.41, 5.74) is 2.22. The van der Waals surface area contributed by atoms with Gasteiger partial charge in [0.15, 0.2) is 0 Å². The van der Waals surface area contributed by atoms with Crippen molar-refractivity contribution in [2.45, 2.75) is 38.3 Å². The van der Waals surface area contributed by atoms with Gasteiger partial charge in [0.1, 0.15) is 5.69 Å². The summed E-state index contributed by atoms with van der Waals surface area (Å²) in [5, 5.41) is 4.67. The minimum absolute atomic E-state index is 0.0618. The lowest BCUT2D eigenvalue weighted by Crippen LogP contribution is -2.37. The fourth-order valence-electron chi connectivity index (χ4n) is 2.46. The monoisotopic (exact) mass is 351 g/mol. The highest BCUT2D eigenvalue weighted by atomic mass is 35.5. The van der Waals surface area contributed by atoms with E-state index in [9.17, 15) is 4.79 Å². The normalized spacial score (nSPS) is 11.1. The van der Waals surface area contributed by atoms with E-state index in [-0.39, 0.29) is 11.9 Å². The summed E-state index contributed by atoms with van der Waals surface area (Å²) in [5.74, 6) is -0.0948. The van der Waals surface area contributed by atoms with Crippen LogP contribution in [-0.2, 0) is 13.6 Å². The molecule has 0 N–H and O–H groups in total. The summed E-state index contributed by atoms with van der Waals surface area (Å²) in [7, 11) is 1.75. The Hall–Kier alpha value is -1.46. The van der Waals surface area contributed by atoms with Crippen molar-refractivity contribution in [1.29, 1.82) is 0 Å². The molecule has 0 aliphatic heterocycles. The Bertz CT molecular complexity index is 712. The minimum Gasteiger partial charge on any atom is -0.331 e. The van der Waals surface area contributed by atoms with Crippen LogP contribution < -0.4 is 0 Å². The van der Waals surface area contributed by atoms with Gasteiger partial charge in [-0.3, -0.25) is 9.48 Å². The van der Waals surface area contributed by atoms with Gasteiger partial charge in [-0.1, -0.05) is 23.7 Å². The molecule has 0 fully saturated rings. The maximum atomic E-state index is 13.0. The Morgan fingerprint density at radius 2 is 2.13 bits per heavy atom. The topological polar surface area (TPSA) is 38.1 Å². The van der Waals surface area contributed by atoms with Crippen LogP contribution in [0.4, 0.5) is 0 Å². The number of amides is 1. The predicted molar refractivity (Wildman–Crippen MR) is 96.2 cm³/mol. The van der Waals surface area contributed by atoms with Gasteiger partial charge in [-0.15, -0.1) is 11.8 Å². The molecule has 1 aromatic heterocycles. The predicted octanol–water partition coefficient (Wildman–Crippen LogP) is 4.15. The number of hydrogen-bond acceptors (Lipinski definition) is 3. The van der Waals surface area contributed by atoms with Crippen molar-refractivity contribution in [3.05, 3.63) is 46.2 Å². The third-order valence-corrected chi connectivity index (χ3v) is 4.90. The number of thioether (sulfide) groups is 1. The maximum absolute atomic E-state index is 13.0. The molecule has 0 atom stereocenters. The van der Waals surface area contributed by atoms with Gasteiger partial charge in [0.2, 0.25) is 0 Å². The first kappa shape index (κ1) is 17.9. The van der Waals surface area contributed by atoms with Crippen molar-refractivity contribution in [2.24, 2.45) is 7.05 Å². The largest absolute Gasteiger partial charge is 0.331 e. The lowest BCUT2D eigenvalue weighted by Gasteiger charge is -2.27. The molecule has 4 nitrogen and oxygen atoms in total. The van der Waals surface area contributed by atoms with Crippen molar-refractivity contribution in [1.82, 2.24) is 14.7 Å². The second-order valence-corrected chi connectivity index (χ2v) is 7.01. The number of nitrogens with zero attached hydrogens (tertiary/aromatic N) is 3. The zero-order valence-corrected chi connectivity index (χ0v) is 15.7. The van der Waals surface area contributed by atoms with Gasteiger partial charge < -0.3 is 4.90 Å². The molecule has 0 spiro atoms. The summed E-state index contributed by atoms with van der Waals surface area (Å²) in [6, 6.07) is 8.30. The Morgan fingerprint density at radius 1 is 1.43 bits per heavy atom. The Labute approximate surface area is 146 Å². The number of benzene rings is 1. The average molecular weight is 352 g/mol. The molecule has 1 aromatic carbocycles. The van der Waals surface area contributed by atoms with Crippen LogP contribution in [0.15, 0.2) is 29.2 Å². The maximum Gasteiger partial charge on any atom is 0.274 e. The van der Waals surface area contributed by atoms with Gasteiger partial charge in [-0.2, -0.15) is 5.10 Å². The van der Waals surface area contributed by atoms with Crippen LogP contribution in [0, 0.1) is 6.92 Å². The summed E-state index contributed by atoms with van der Waals surface area (Å²) < 4.78 is 1.56. The summed E-state index contributed by atoms with van der Waals surface area (Å²) in [6.07, 6.45) is 2.04. The number of carbonyl (C=O) groups is 1. The molecule has 0 bridgehead atoms. The zero-order valence-electron chi connectivity index (χ0n) is 14.1. The molecule has 2 rings (SSSR count). The molecule has 0 saturated carbocycles. The second-order valence-electron chi connectivity index (χ2n) is 5.75. The van der Waals surface area contributed by atoms with Gasteiger partial charge in [-0.05, 0) is 44.7 Å². The Morgan fingerprint density at radius 3 is 2.65 bits per heavy atom. The summed E-state index contributed by atoms with van der Waals surface area (Å²) in [4.78, 5) is 16.0. The van der Waals surface area contributed by atoms with Crippen LogP contribution in [0.2, 0.25) is 5.02 Å². The number of carbonyl (C=O) groups excluding carboxylic acids is 1. The molecular formula is C17H22ClN3OS. The van der Waals surface area contributed by atoms with Crippen molar-refractivity contribution in [3.63, 3.8) is 0 Å². The number of aryl methyl sites for hydroxylation is 2. The highest BCUT2D eigenvalue weighted by molar-refractivity contribution is 7.98. The lowest BCUT2D eigenvalue weighted by molar-refractivity contribution is 0.0679. The van der Waals surface area contributed by atoms with E-state index < -0.39 is 0 Å². The Balaban J connectivity index is 2.32. The van der Waals surface area contributed by atoms with Crippen molar-refractivity contribution in [2.75, 3.05) is 6.26 Å². The van der Waals surface area contributed by atoms with Crippen LogP contribution in [0.1, 0.15) is 35.6 Å². The molecule has 124 valence electrons. The SMILES string of the molecule is CSc1cccc(CN(C(=O)c2c(Cl)c(C)nn2C)C(C)C)c1. The first-order chi connectivity index (χ1) is 10.8. The first-order valence-electron chi connectivity index (χ1n) is 7.48. The zero-order chi connectivity index (χ0) is 17.1. The number of halogens is 1. The molecule has 0 aliphatic rings. The van der Waals surface area contributed by atoms with E-state index in [1.54, 1.807) is 30.4 Å². The van der Waals surface area contributed by atoms with E-state index in [1.807, 2.05) is 37.1 Å². The molecular weight excluding hydrogens is 330 g/mol. The quantitative estimate of drug-likeness (QED) is 0.759. The first-order valence-corrected chi connectivity index (χ1v) is 9.08. The van der Waals surface area contributed by atoms with Gasteiger partial charge >= 0.3 is 0 Å². The molecule has 0 aliphatic carbocycles. The fourth-order valence-corrected chi connectivity index (χ4v) is 3.18. The van der Waals surface area contributed by atoms with Crippen molar-refractivity contribution in [3.8, 4) is 0 Å². The van der Waals surface area contributed by atoms with Gasteiger partial charge in [0, 0.05) is 24.5 Å². The van der Waals surface area contributed by atoms with Gasteiger partial charge in [0.25, 0.3) is 5.91 Å². The van der Waals surface area contributed by atoms with Crippen molar-refractivity contribution >= 4 is 29.3 Å². The minimum atomic E-state index is -0.0948. The third kappa shape index (κ3) is 3.90. The van der Waals surface area contributed by atoms with Gasteiger partial charge in [-0.25, -0.2) is 0 Å². The number of aromatic nitrogens is 2. The van der Waals surface area contributed by atoms with Crippen molar-refractivity contribution < 1.29 is 4.79 Å². The van der Waals surface area contributed by atoms with Crippen LogP contribution in [0.25, 0.3) is 0 Å². The highest BCUT2D eigenvalue weighted by Gasteiger charge is 2.26. The molecule has 2 aromatic rings. The number of rotatable bonds is 5. The summed E-state index contributed by atoms with van der Waals surface area (Å²) >= 11 is 7.97. The van der Waals surface area contributed by atoms with Crippen LogP contribution in [0.5, 0.6) is 0 Å². The molecule has 6 heteroatoms. The van der Waals surface area contributed by atoms with E-state index >= 15 is 0 Å². The third-order valence-electron chi connectivity index (χ3n) is 3.72.